The lowest BCUT2D eigenvalue weighted by Crippen LogP contribution is -2.40. The summed E-state index contributed by atoms with van der Waals surface area (Å²) >= 11 is 0. The fraction of sp³-hybridized carbons (Fsp3) is 0.588. The predicted octanol–water partition coefficient (Wildman–Crippen LogP) is 2.77. The van der Waals surface area contributed by atoms with Crippen LogP contribution in [0.5, 0.6) is 0 Å². The largest absolute Gasteiger partial charge is 0.416 e. The molecule has 1 atom stereocenters. The standard InChI is InChI=1S/C17H23F3N2O2/c1-13(23)22(9-8-21(2)15-7-10-24-12-15)11-14-5-3-4-6-16(14)17(18,19)20/h3-6,15H,7-12H2,1-2H3. The predicted molar refractivity (Wildman–Crippen MR) is 84.4 cm³/mol. The zero-order chi connectivity index (χ0) is 17.7. The van der Waals surface area contributed by atoms with Gasteiger partial charge in [0.2, 0.25) is 5.91 Å². The van der Waals surface area contributed by atoms with Gasteiger partial charge in [0.1, 0.15) is 0 Å². The van der Waals surface area contributed by atoms with Gasteiger partial charge in [-0.3, -0.25) is 9.69 Å². The van der Waals surface area contributed by atoms with Crippen molar-refractivity contribution in [3.8, 4) is 0 Å². The van der Waals surface area contributed by atoms with E-state index < -0.39 is 11.7 Å². The molecule has 1 aliphatic heterocycles. The van der Waals surface area contributed by atoms with Crippen molar-refractivity contribution in [2.24, 2.45) is 0 Å². The molecule has 1 unspecified atom stereocenters. The van der Waals surface area contributed by atoms with Crippen molar-refractivity contribution in [2.75, 3.05) is 33.4 Å². The van der Waals surface area contributed by atoms with Crippen molar-refractivity contribution in [3.63, 3.8) is 0 Å². The number of alkyl halides is 3. The Labute approximate surface area is 140 Å². The maximum absolute atomic E-state index is 13.1. The van der Waals surface area contributed by atoms with E-state index in [9.17, 15) is 18.0 Å². The summed E-state index contributed by atoms with van der Waals surface area (Å²) < 4.78 is 44.6. The summed E-state index contributed by atoms with van der Waals surface area (Å²) in [5, 5.41) is 0. The molecule has 0 aliphatic carbocycles. The van der Waals surface area contributed by atoms with Gasteiger partial charge in [0.15, 0.2) is 0 Å². The zero-order valence-corrected chi connectivity index (χ0v) is 14.0. The number of benzene rings is 1. The number of likely N-dealkylation sites (N-methyl/N-ethyl adjacent to an activating group) is 1. The van der Waals surface area contributed by atoms with Crippen LogP contribution in [0.15, 0.2) is 24.3 Å². The first-order valence-electron chi connectivity index (χ1n) is 7.97. The third-order valence-electron chi connectivity index (χ3n) is 4.38. The highest BCUT2D eigenvalue weighted by molar-refractivity contribution is 5.73. The minimum Gasteiger partial charge on any atom is -0.380 e. The second kappa shape index (κ2) is 7.98. The SMILES string of the molecule is CC(=O)N(CCN(C)C1CCOC1)Cc1ccccc1C(F)(F)F. The van der Waals surface area contributed by atoms with Crippen molar-refractivity contribution < 1.29 is 22.7 Å². The van der Waals surface area contributed by atoms with Crippen LogP contribution in [0.1, 0.15) is 24.5 Å². The van der Waals surface area contributed by atoms with E-state index >= 15 is 0 Å². The Bertz CT molecular complexity index is 557. The number of halogens is 3. The zero-order valence-electron chi connectivity index (χ0n) is 14.0. The Kier molecular flexibility index (Phi) is 6.23. The molecule has 24 heavy (non-hydrogen) atoms. The summed E-state index contributed by atoms with van der Waals surface area (Å²) in [5.74, 6) is -0.233. The molecule has 0 spiro atoms. The number of ether oxygens (including phenoxy) is 1. The molecule has 7 heteroatoms. The molecule has 0 bridgehead atoms. The average molecular weight is 344 g/mol. The first-order valence-corrected chi connectivity index (χ1v) is 7.97. The van der Waals surface area contributed by atoms with Crippen molar-refractivity contribution in [2.45, 2.75) is 32.1 Å². The molecule has 1 amide bonds. The molecular formula is C17H23F3N2O2. The third-order valence-corrected chi connectivity index (χ3v) is 4.38. The van der Waals surface area contributed by atoms with E-state index in [1.165, 1.54) is 24.0 Å². The summed E-state index contributed by atoms with van der Waals surface area (Å²) in [4.78, 5) is 15.4. The number of rotatable bonds is 6. The Hall–Kier alpha value is -1.60. The van der Waals surface area contributed by atoms with Gasteiger partial charge in [0.05, 0.1) is 12.2 Å². The molecule has 0 aromatic heterocycles. The molecule has 1 heterocycles. The molecule has 0 saturated carbocycles. The third kappa shape index (κ3) is 4.95. The highest BCUT2D eigenvalue weighted by atomic mass is 19.4. The van der Waals surface area contributed by atoms with Crippen molar-refractivity contribution in [1.82, 2.24) is 9.80 Å². The van der Waals surface area contributed by atoms with Gasteiger partial charge in [0.25, 0.3) is 0 Å². The number of carbonyl (C=O) groups excluding carboxylic acids is 1. The van der Waals surface area contributed by atoms with Gasteiger partial charge in [-0.2, -0.15) is 13.2 Å². The molecule has 1 saturated heterocycles. The number of hydrogen-bond acceptors (Lipinski definition) is 3. The van der Waals surface area contributed by atoms with Crippen molar-refractivity contribution in [1.29, 1.82) is 0 Å². The summed E-state index contributed by atoms with van der Waals surface area (Å²) in [6, 6.07) is 5.70. The van der Waals surface area contributed by atoms with Gasteiger partial charge < -0.3 is 9.64 Å². The number of carbonyl (C=O) groups is 1. The molecule has 0 radical (unpaired) electrons. The Morgan fingerprint density at radius 1 is 1.29 bits per heavy atom. The Balaban J connectivity index is 2.02. The van der Waals surface area contributed by atoms with Gasteiger partial charge in [-0.1, -0.05) is 18.2 Å². The molecule has 1 aromatic carbocycles. The quantitative estimate of drug-likeness (QED) is 0.796. The van der Waals surface area contributed by atoms with Crippen LogP contribution in [0, 0.1) is 0 Å². The lowest BCUT2D eigenvalue weighted by atomic mass is 10.1. The summed E-state index contributed by atoms with van der Waals surface area (Å²) in [6.45, 7) is 3.71. The van der Waals surface area contributed by atoms with Crippen LogP contribution >= 0.6 is 0 Å². The van der Waals surface area contributed by atoms with E-state index in [1.54, 1.807) is 6.07 Å². The van der Waals surface area contributed by atoms with E-state index in [2.05, 4.69) is 4.90 Å². The Morgan fingerprint density at radius 2 is 2.00 bits per heavy atom. The van der Waals surface area contributed by atoms with Crippen LogP contribution in [-0.2, 0) is 22.3 Å². The topological polar surface area (TPSA) is 32.8 Å². The van der Waals surface area contributed by atoms with Crippen LogP contribution in [-0.4, -0.2) is 55.1 Å². The van der Waals surface area contributed by atoms with Gasteiger partial charge >= 0.3 is 6.18 Å². The highest BCUT2D eigenvalue weighted by Gasteiger charge is 2.33. The minimum atomic E-state index is -4.42. The molecule has 1 aliphatic rings. The molecule has 1 fully saturated rings. The minimum absolute atomic E-state index is 0.0416. The van der Waals surface area contributed by atoms with E-state index in [4.69, 9.17) is 4.74 Å². The lowest BCUT2D eigenvalue weighted by molar-refractivity contribution is -0.139. The molecule has 2 rings (SSSR count). The number of amides is 1. The van der Waals surface area contributed by atoms with Crippen LogP contribution in [0.3, 0.4) is 0 Å². The van der Waals surface area contributed by atoms with Gasteiger partial charge in [0, 0.05) is 39.2 Å². The second-order valence-electron chi connectivity index (χ2n) is 6.09. The molecule has 4 nitrogen and oxygen atoms in total. The van der Waals surface area contributed by atoms with E-state index in [0.717, 1.165) is 19.1 Å². The van der Waals surface area contributed by atoms with E-state index in [-0.39, 0.29) is 18.0 Å². The van der Waals surface area contributed by atoms with E-state index in [0.29, 0.717) is 25.7 Å². The second-order valence-corrected chi connectivity index (χ2v) is 6.09. The van der Waals surface area contributed by atoms with Crippen molar-refractivity contribution >= 4 is 5.91 Å². The van der Waals surface area contributed by atoms with E-state index in [1.807, 2.05) is 7.05 Å². The monoisotopic (exact) mass is 344 g/mol. The van der Waals surface area contributed by atoms with Gasteiger partial charge in [-0.25, -0.2) is 0 Å². The van der Waals surface area contributed by atoms with Gasteiger partial charge in [-0.05, 0) is 25.1 Å². The van der Waals surface area contributed by atoms with Crippen LogP contribution in [0.2, 0.25) is 0 Å². The fourth-order valence-corrected chi connectivity index (χ4v) is 2.82. The summed E-state index contributed by atoms with van der Waals surface area (Å²) in [7, 11) is 1.95. The summed E-state index contributed by atoms with van der Waals surface area (Å²) in [5.41, 5.74) is -0.569. The first-order chi connectivity index (χ1) is 11.3. The van der Waals surface area contributed by atoms with Gasteiger partial charge in [-0.15, -0.1) is 0 Å². The van der Waals surface area contributed by atoms with Crippen molar-refractivity contribution in [3.05, 3.63) is 35.4 Å². The fourth-order valence-electron chi connectivity index (χ4n) is 2.82. The molecule has 1 aromatic rings. The maximum Gasteiger partial charge on any atom is 0.416 e. The number of nitrogens with zero attached hydrogens (tertiary/aromatic N) is 2. The normalized spacial score (nSPS) is 18.2. The first kappa shape index (κ1) is 18.7. The molecule has 134 valence electrons. The van der Waals surface area contributed by atoms with Crippen LogP contribution in [0.4, 0.5) is 13.2 Å². The Morgan fingerprint density at radius 3 is 2.58 bits per heavy atom. The van der Waals surface area contributed by atoms with Crippen LogP contribution in [0.25, 0.3) is 0 Å². The smallest absolute Gasteiger partial charge is 0.380 e. The number of hydrogen-bond donors (Lipinski definition) is 0. The van der Waals surface area contributed by atoms with Crippen LogP contribution < -0.4 is 0 Å². The average Bonchev–Trinajstić information content (AvgIpc) is 3.04. The molecule has 0 N–H and O–H groups in total. The summed E-state index contributed by atoms with van der Waals surface area (Å²) in [6.07, 6.45) is -3.48. The lowest BCUT2D eigenvalue weighted by Gasteiger charge is -2.28. The highest BCUT2D eigenvalue weighted by Crippen LogP contribution is 2.32. The maximum atomic E-state index is 13.1. The molecular weight excluding hydrogens is 321 g/mol.